The standard InChI is InChI=1S/C17H28N2O/c1-14(2)17(18,13-19-10-5-4-6-11-19)15-8-7-9-16(12-15)20-3/h7-9,12,14H,4-6,10-11,13,18H2,1-3H3. The molecule has 112 valence electrons. The molecule has 1 aliphatic heterocycles. The molecule has 2 rings (SSSR count). The summed E-state index contributed by atoms with van der Waals surface area (Å²) >= 11 is 0. The highest BCUT2D eigenvalue weighted by Gasteiger charge is 2.34. The maximum Gasteiger partial charge on any atom is 0.119 e. The molecular formula is C17H28N2O. The molecule has 1 aromatic carbocycles. The fraction of sp³-hybridized carbons (Fsp3) is 0.647. The van der Waals surface area contributed by atoms with Gasteiger partial charge in [-0.05, 0) is 49.5 Å². The maximum absolute atomic E-state index is 6.82. The molecule has 1 unspecified atom stereocenters. The van der Waals surface area contributed by atoms with E-state index in [0.29, 0.717) is 5.92 Å². The summed E-state index contributed by atoms with van der Waals surface area (Å²) in [6.07, 6.45) is 3.95. The smallest absolute Gasteiger partial charge is 0.119 e. The van der Waals surface area contributed by atoms with Gasteiger partial charge in [-0.15, -0.1) is 0 Å². The van der Waals surface area contributed by atoms with Crippen LogP contribution in [0.5, 0.6) is 5.75 Å². The van der Waals surface area contributed by atoms with Gasteiger partial charge in [-0.1, -0.05) is 32.4 Å². The predicted molar refractivity (Wildman–Crippen MR) is 84.0 cm³/mol. The molecule has 3 nitrogen and oxygen atoms in total. The lowest BCUT2D eigenvalue weighted by Crippen LogP contribution is -2.52. The van der Waals surface area contributed by atoms with E-state index in [0.717, 1.165) is 12.3 Å². The first kappa shape index (κ1) is 15.3. The van der Waals surface area contributed by atoms with E-state index >= 15 is 0 Å². The van der Waals surface area contributed by atoms with Crippen LogP contribution in [0.2, 0.25) is 0 Å². The van der Waals surface area contributed by atoms with Crippen LogP contribution in [0.15, 0.2) is 24.3 Å². The number of ether oxygens (including phenoxy) is 1. The maximum atomic E-state index is 6.82. The molecule has 1 aliphatic rings. The van der Waals surface area contributed by atoms with Crippen molar-refractivity contribution in [1.29, 1.82) is 0 Å². The van der Waals surface area contributed by atoms with Gasteiger partial charge >= 0.3 is 0 Å². The van der Waals surface area contributed by atoms with Crippen molar-refractivity contribution in [3.63, 3.8) is 0 Å². The van der Waals surface area contributed by atoms with Crippen LogP contribution in [-0.4, -0.2) is 31.6 Å². The van der Waals surface area contributed by atoms with Gasteiger partial charge in [0.1, 0.15) is 5.75 Å². The van der Waals surface area contributed by atoms with Crippen LogP contribution in [0.4, 0.5) is 0 Å². The number of hydrogen-bond donors (Lipinski definition) is 1. The molecule has 20 heavy (non-hydrogen) atoms. The van der Waals surface area contributed by atoms with Crippen LogP contribution in [0.3, 0.4) is 0 Å². The van der Waals surface area contributed by atoms with Crippen molar-refractivity contribution in [1.82, 2.24) is 4.90 Å². The quantitative estimate of drug-likeness (QED) is 0.898. The average molecular weight is 276 g/mol. The Morgan fingerprint density at radius 3 is 2.55 bits per heavy atom. The zero-order valence-electron chi connectivity index (χ0n) is 13.1. The van der Waals surface area contributed by atoms with Crippen LogP contribution in [0.1, 0.15) is 38.7 Å². The largest absolute Gasteiger partial charge is 0.497 e. The molecule has 0 bridgehead atoms. The molecule has 2 N–H and O–H groups in total. The van der Waals surface area contributed by atoms with Crippen molar-refractivity contribution in [2.24, 2.45) is 11.7 Å². The van der Waals surface area contributed by atoms with Gasteiger partial charge in [0.15, 0.2) is 0 Å². The molecular weight excluding hydrogens is 248 g/mol. The van der Waals surface area contributed by atoms with E-state index in [1.807, 2.05) is 12.1 Å². The summed E-state index contributed by atoms with van der Waals surface area (Å²) in [5.74, 6) is 1.27. The third-order valence-corrected chi connectivity index (χ3v) is 4.57. The first-order valence-electron chi connectivity index (χ1n) is 7.72. The first-order chi connectivity index (χ1) is 9.56. The second kappa shape index (κ2) is 6.59. The number of hydrogen-bond acceptors (Lipinski definition) is 3. The Kier molecular flexibility index (Phi) is 5.06. The van der Waals surface area contributed by atoms with Gasteiger partial charge in [0, 0.05) is 6.54 Å². The zero-order valence-corrected chi connectivity index (χ0v) is 13.1. The van der Waals surface area contributed by atoms with Gasteiger partial charge in [-0.2, -0.15) is 0 Å². The fourth-order valence-corrected chi connectivity index (χ4v) is 3.01. The predicted octanol–water partition coefficient (Wildman–Crippen LogP) is 2.99. The SMILES string of the molecule is COc1cccc(C(N)(CN2CCCCC2)C(C)C)c1. The lowest BCUT2D eigenvalue weighted by Gasteiger charge is -2.40. The summed E-state index contributed by atoms with van der Waals surface area (Å²) in [7, 11) is 1.71. The molecule has 0 radical (unpaired) electrons. The van der Waals surface area contributed by atoms with Crippen molar-refractivity contribution in [2.45, 2.75) is 38.6 Å². The van der Waals surface area contributed by atoms with Gasteiger partial charge in [0.05, 0.1) is 12.6 Å². The zero-order chi connectivity index (χ0) is 14.6. The van der Waals surface area contributed by atoms with Crippen molar-refractivity contribution < 1.29 is 4.74 Å². The number of piperidine rings is 1. The highest BCUT2D eigenvalue weighted by atomic mass is 16.5. The van der Waals surface area contributed by atoms with E-state index in [1.165, 1.54) is 37.9 Å². The minimum atomic E-state index is -0.314. The van der Waals surface area contributed by atoms with Crippen LogP contribution >= 0.6 is 0 Å². The molecule has 0 aromatic heterocycles. The normalized spacial score (nSPS) is 19.9. The Morgan fingerprint density at radius 2 is 1.95 bits per heavy atom. The van der Waals surface area contributed by atoms with Crippen molar-refractivity contribution >= 4 is 0 Å². The third-order valence-electron chi connectivity index (χ3n) is 4.57. The van der Waals surface area contributed by atoms with Crippen LogP contribution < -0.4 is 10.5 Å². The fourth-order valence-electron chi connectivity index (χ4n) is 3.01. The van der Waals surface area contributed by atoms with Crippen molar-refractivity contribution in [3.05, 3.63) is 29.8 Å². The molecule has 0 spiro atoms. The van der Waals surface area contributed by atoms with Gasteiger partial charge < -0.3 is 15.4 Å². The number of benzene rings is 1. The van der Waals surface area contributed by atoms with E-state index in [4.69, 9.17) is 10.5 Å². The Hall–Kier alpha value is -1.06. The topological polar surface area (TPSA) is 38.5 Å². The van der Waals surface area contributed by atoms with Crippen molar-refractivity contribution in [2.75, 3.05) is 26.7 Å². The summed E-state index contributed by atoms with van der Waals surface area (Å²) in [5.41, 5.74) is 7.68. The number of rotatable bonds is 5. The Labute approximate surface area is 123 Å². The number of nitrogens with zero attached hydrogens (tertiary/aromatic N) is 1. The Bertz CT molecular complexity index is 427. The number of nitrogens with two attached hydrogens (primary N) is 1. The molecule has 1 saturated heterocycles. The van der Waals surface area contributed by atoms with E-state index in [-0.39, 0.29) is 5.54 Å². The molecule has 0 amide bonds. The van der Waals surface area contributed by atoms with E-state index in [2.05, 4.69) is 30.9 Å². The Balaban J connectivity index is 2.22. The average Bonchev–Trinajstić information content (AvgIpc) is 2.48. The van der Waals surface area contributed by atoms with E-state index in [1.54, 1.807) is 7.11 Å². The minimum absolute atomic E-state index is 0.314. The highest BCUT2D eigenvalue weighted by molar-refractivity contribution is 5.34. The van der Waals surface area contributed by atoms with Crippen molar-refractivity contribution in [3.8, 4) is 5.75 Å². The summed E-state index contributed by atoms with van der Waals surface area (Å²) in [4.78, 5) is 2.52. The van der Waals surface area contributed by atoms with E-state index in [9.17, 15) is 0 Å². The van der Waals surface area contributed by atoms with Gasteiger partial charge in [0.2, 0.25) is 0 Å². The second-order valence-electron chi connectivity index (χ2n) is 6.26. The summed E-state index contributed by atoms with van der Waals surface area (Å²) < 4.78 is 5.35. The molecule has 1 atom stereocenters. The summed E-state index contributed by atoms with van der Waals surface area (Å²) in [6, 6.07) is 8.23. The van der Waals surface area contributed by atoms with Crippen LogP contribution in [0.25, 0.3) is 0 Å². The molecule has 1 aromatic rings. The van der Waals surface area contributed by atoms with Gasteiger partial charge in [-0.25, -0.2) is 0 Å². The second-order valence-corrected chi connectivity index (χ2v) is 6.26. The lowest BCUT2D eigenvalue weighted by atomic mass is 9.80. The van der Waals surface area contributed by atoms with E-state index < -0.39 is 0 Å². The van der Waals surface area contributed by atoms with Crippen LogP contribution in [0, 0.1) is 5.92 Å². The lowest BCUT2D eigenvalue weighted by molar-refractivity contribution is 0.149. The molecule has 0 aliphatic carbocycles. The van der Waals surface area contributed by atoms with Crippen LogP contribution in [-0.2, 0) is 5.54 Å². The number of likely N-dealkylation sites (tertiary alicyclic amines) is 1. The summed E-state index contributed by atoms with van der Waals surface area (Å²) in [5, 5.41) is 0. The molecule has 0 saturated carbocycles. The first-order valence-corrected chi connectivity index (χ1v) is 7.72. The Morgan fingerprint density at radius 1 is 1.25 bits per heavy atom. The molecule has 3 heteroatoms. The monoisotopic (exact) mass is 276 g/mol. The van der Waals surface area contributed by atoms with Gasteiger partial charge in [0.25, 0.3) is 0 Å². The summed E-state index contributed by atoms with van der Waals surface area (Å²) in [6.45, 7) is 7.70. The number of methoxy groups -OCH3 is 1. The molecule has 1 fully saturated rings. The molecule has 1 heterocycles. The minimum Gasteiger partial charge on any atom is -0.497 e. The van der Waals surface area contributed by atoms with Gasteiger partial charge in [-0.3, -0.25) is 0 Å². The third kappa shape index (κ3) is 3.33. The highest BCUT2D eigenvalue weighted by Crippen LogP contribution is 2.31.